The second-order valence-electron chi connectivity index (χ2n) is 7.40. The number of halogens is 3. The molecule has 0 saturated carbocycles. The van der Waals surface area contributed by atoms with E-state index in [-0.39, 0.29) is 17.9 Å². The summed E-state index contributed by atoms with van der Waals surface area (Å²) in [5.41, 5.74) is 15.2. The predicted molar refractivity (Wildman–Crippen MR) is 112 cm³/mol. The Morgan fingerprint density at radius 1 is 1.16 bits per heavy atom. The van der Waals surface area contributed by atoms with Crippen LogP contribution in [0.4, 0.5) is 18.9 Å². The molecule has 1 aliphatic rings. The molecule has 1 aromatic carbocycles. The molecule has 32 heavy (non-hydrogen) atoms. The summed E-state index contributed by atoms with van der Waals surface area (Å²) in [5.74, 6) is 2.40. The minimum Gasteiger partial charge on any atom is -0.337 e. The second kappa shape index (κ2) is 8.23. The number of alkyl halides is 3. The molecule has 0 bridgehead atoms. The van der Waals surface area contributed by atoms with Crippen LogP contribution in [0.5, 0.6) is 0 Å². The molecule has 3 unspecified atom stereocenters. The predicted octanol–water partition coefficient (Wildman–Crippen LogP) is 2.12. The highest BCUT2D eigenvalue weighted by atomic mass is 19.4. The van der Waals surface area contributed by atoms with Crippen LogP contribution in [0.1, 0.15) is 30.0 Å². The Hall–Kier alpha value is -3.46. The van der Waals surface area contributed by atoms with Crippen LogP contribution in [0.15, 0.2) is 49.1 Å². The highest BCUT2D eigenvalue weighted by Crippen LogP contribution is 2.39. The Bertz CT molecular complexity index is 1120. The van der Waals surface area contributed by atoms with Crippen LogP contribution >= 0.6 is 0 Å². The van der Waals surface area contributed by atoms with Gasteiger partial charge in [0.1, 0.15) is 36.8 Å². The maximum atomic E-state index is 13.6. The summed E-state index contributed by atoms with van der Waals surface area (Å²) in [5, 5.41) is 4.07. The lowest BCUT2D eigenvalue weighted by atomic mass is 10.1. The molecule has 3 aromatic rings. The fourth-order valence-corrected chi connectivity index (χ4v) is 3.73. The van der Waals surface area contributed by atoms with Gasteiger partial charge in [-0.1, -0.05) is 18.1 Å². The number of hydrogen-bond acceptors (Lipinski definition) is 7. The maximum absolute atomic E-state index is 13.6. The number of pyridine rings is 1. The molecular weight excluding hydrogens is 421 g/mol. The van der Waals surface area contributed by atoms with Gasteiger partial charge in [-0.05, 0) is 36.8 Å². The summed E-state index contributed by atoms with van der Waals surface area (Å²) in [6, 6.07) is 8.77. The van der Waals surface area contributed by atoms with Crippen molar-refractivity contribution in [2.24, 2.45) is 11.5 Å². The number of anilines is 1. The summed E-state index contributed by atoms with van der Waals surface area (Å²) in [7, 11) is 0. The number of nitrogens with zero attached hydrogens (tertiary/aromatic N) is 6. The van der Waals surface area contributed by atoms with Crippen molar-refractivity contribution in [1.29, 1.82) is 0 Å². The third-order valence-corrected chi connectivity index (χ3v) is 5.48. The molecule has 2 aromatic heterocycles. The van der Waals surface area contributed by atoms with E-state index in [2.05, 4.69) is 21.0 Å². The topological polar surface area (TPSA) is 102 Å². The SMILES string of the molecule is C#Cc1ccc2c(n1)C(N)N(C(C)C(F)(F)F)C(N)N2Cc1ccc(-n2cncn2)cc1. The van der Waals surface area contributed by atoms with Crippen molar-refractivity contribution < 1.29 is 13.2 Å². The van der Waals surface area contributed by atoms with E-state index >= 15 is 0 Å². The van der Waals surface area contributed by atoms with Gasteiger partial charge in [0.05, 0.1) is 17.1 Å². The van der Waals surface area contributed by atoms with Gasteiger partial charge in [-0.2, -0.15) is 18.3 Å². The quantitative estimate of drug-likeness (QED) is 0.597. The van der Waals surface area contributed by atoms with Crippen molar-refractivity contribution >= 4 is 5.69 Å². The zero-order valence-electron chi connectivity index (χ0n) is 17.1. The molecule has 3 heterocycles. The van der Waals surface area contributed by atoms with Crippen LogP contribution in [0, 0.1) is 12.3 Å². The van der Waals surface area contributed by atoms with E-state index in [4.69, 9.17) is 17.9 Å². The van der Waals surface area contributed by atoms with Crippen LogP contribution in [0.25, 0.3) is 5.69 Å². The first-order valence-electron chi connectivity index (χ1n) is 9.74. The fraction of sp³-hybridized carbons (Fsp3) is 0.286. The summed E-state index contributed by atoms with van der Waals surface area (Å²) in [6.07, 6.45) is 1.60. The first-order chi connectivity index (χ1) is 15.2. The molecule has 166 valence electrons. The molecule has 0 spiro atoms. The Balaban J connectivity index is 1.71. The molecule has 0 saturated heterocycles. The average Bonchev–Trinajstić information content (AvgIpc) is 3.31. The maximum Gasteiger partial charge on any atom is 0.403 e. The summed E-state index contributed by atoms with van der Waals surface area (Å²) in [4.78, 5) is 10.9. The number of nitrogens with two attached hydrogens (primary N) is 2. The standard InChI is InChI=1S/C21H21F3N8/c1-3-15-6-9-17-18(29-15)19(25)32(13(2)21(22,23)24)20(26)30(17)10-14-4-7-16(8-5-14)31-12-27-11-28-31/h1,4-9,11-13,19-20H,10,25-26H2,2H3. The molecule has 0 fully saturated rings. The van der Waals surface area contributed by atoms with Crippen LogP contribution in [-0.2, 0) is 6.54 Å². The third kappa shape index (κ3) is 3.91. The Labute approximate surface area is 182 Å². The lowest BCUT2D eigenvalue weighted by Crippen LogP contribution is -2.65. The average molecular weight is 442 g/mol. The van der Waals surface area contributed by atoms with Gasteiger partial charge in [-0.3, -0.25) is 5.73 Å². The third-order valence-electron chi connectivity index (χ3n) is 5.48. The van der Waals surface area contributed by atoms with Crippen LogP contribution < -0.4 is 16.4 Å². The van der Waals surface area contributed by atoms with Crippen molar-refractivity contribution in [3.63, 3.8) is 0 Å². The van der Waals surface area contributed by atoms with Gasteiger partial charge in [0.2, 0.25) is 0 Å². The van der Waals surface area contributed by atoms with E-state index in [1.807, 2.05) is 24.3 Å². The molecule has 0 amide bonds. The van der Waals surface area contributed by atoms with Crippen molar-refractivity contribution in [3.05, 3.63) is 66.0 Å². The van der Waals surface area contributed by atoms with Gasteiger partial charge in [0.25, 0.3) is 0 Å². The minimum absolute atomic E-state index is 0.233. The molecule has 11 heteroatoms. The fourth-order valence-electron chi connectivity index (χ4n) is 3.73. The molecule has 0 aliphatic carbocycles. The van der Waals surface area contributed by atoms with E-state index in [1.54, 1.807) is 28.0 Å². The smallest absolute Gasteiger partial charge is 0.337 e. The molecule has 0 radical (unpaired) electrons. The summed E-state index contributed by atoms with van der Waals surface area (Å²) >= 11 is 0. The molecule has 8 nitrogen and oxygen atoms in total. The second-order valence-corrected chi connectivity index (χ2v) is 7.40. The number of terminal acetylenes is 1. The first-order valence-corrected chi connectivity index (χ1v) is 9.74. The summed E-state index contributed by atoms with van der Waals surface area (Å²) < 4.78 is 42.4. The van der Waals surface area contributed by atoms with Crippen LogP contribution in [0.2, 0.25) is 0 Å². The van der Waals surface area contributed by atoms with Gasteiger partial charge < -0.3 is 10.6 Å². The van der Waals surface area contributed by atoms with Gasteiger partial charge in [-0.25, -0.2) is 19.5 Å². The summed E-state index contributed by atoms with van der Waals surface area (Å²) in [6.45, 7) is 1.26. The molecule has 3 atom stereocenters. The van der Waals surface area contributed by atoms with Crippen LogP contribution in [-0.4, -0.2) is 43.2 Å². The van der Waals surface area contributed by atoms with E-state index in [1.165, 1.54) is 6.33 Å². The molecular formula is C21H21F3N8. The highest BCUT2D eigenvalue weighted by Gasteiger charge is 2.48. The first kappa shape index (κ1) is 21.8. The Morgan fingerprint density at radius 2 is 1.88 bits per heavy atom. The van der Waals surface area contributed by atoms with Crippen molar-refractivity contribution in [1.82, 2.24) is 24.6 Å². The van der Waals surface area contributed by atoms with E-state index in [0.717, 1.165) is 23.1 Å². The normalized spacial score (nSPS) is 20.0. The zero-order valence-corrected chi connectivity index (χ0v) is 17.1. The van der Waals surface area contributed by atoms with Crippen molar-refractivity contribution in [2.75, 3.05) is 4.90 Å². The number of benzene rings is 1. The van der Waals surface area contributed by atoms with Gasteiger partial charge >= 0.3 is 6.18 Å². The number of fused-ring (bicyclic) bond motifs is 1. The van der Waals surface area contributed by atoms with Crippen molar-refractivity contribution in [3.8, 4) is 18.0 Å². The zero-order chi connectivity index (χ0) is 23.0. The number of hydrogen-bond donors (Lipinski definition) is 2. The van der Waals surface area contributed by atoms with E-state index in [0.29, 0.717) is 5.69 Å². The van der Waals surface area contributed by atoms with Gasteiger partial charge in [0.15, 0.2) is 0 Å². The monoisotopic (exact) mass is 442 g/mol. The lowest BCUT2D eigenvalue weighted by molar-refractivity contribution is -0.193. The Morgan fingerprint density at radius 3 is 2.47 bits per heavy atom. The van der Waals surface area contributed by atoms with Crippen molar-refractivity contribution in [2.45, 2.75) is 38.1 Å². The molecule has 4 rings (SSSR count). The number of rotatable bonds is 4. The Kier molecular flexibility index (Phi) is 5.60. The highest BCUT2D eigenvalue weighted by molar-refractivity contribution is 5.56. The van der Waals surface area contributed by atoms with Crippen LogP contribution in [0.3, 0.4) is 0 Å². The van der Waals surface area contributed by atoms with Gasteiger partial charge in [0, 0.05) is 6.54 Å². The minimum atomic E-state index is -4.53. The molecule has 4 N–H and O–H groups in total. The van der Waals surface area contributed by atoms with E-state index < -0.39 is 24.7 Å². The largest absolute Gasteiger partial charge is 0.403 e. The molecule has 1 aliphatic heterocycles. The van der Waals surface area contributed by atoms with E-state index in [9.17, 15) is 13.2 Å². The van der Waals surface area contributed by atoms with Gasteiger partial charge in [-0.15, -0.1) is 6.42 Å². The lowest BCUT2D eigenvalue weighted by Gasteiger charge is -2.49. The number of aromatic nitrogens is 4.